The van der Waals surface area contributed by atoms with E-state index in [-0.39, 0.29) is 36.6 Å². The van der Waals surface area contributed by atoms with E-state index in [1.54, 1.807) is 6.08 Å². The van der Waals surface area contributed by atoms with Crippen LogP contribution in [0.3, 0.4) is 0 Å². The number of amides is 2. The summed E-state index contributed by atoms with van der Waals surface area (Å²) in [5.74, 6) is 0.185. The molecule has 1 saturated heterocycles. The lowest BCUT2D eigenvalue weighted by Crippen LogP contribution is -2.48. The van der Waals surface area contributed by atoms with Crippen LogP contribution in [0.15, 0.2) is 61.2 Å². The Morgan fingerprint density at radius 3 is 2.64 bits per heavy atom. The van der Waals surface area contributed by atoms with Crippen molar-refractivity contribution in [2.45, 2.75) is 38.8 Å². The molecular weight excluding hydrogens is 414 g/mol. The Morgan fingerprint density at radius 2 is 1.94 bits per heavy atom. The molecule has 6 heteroatoms. The highest BCUT2D eigenvalue weighted by molar-refractivity contribution is 5.95. The van der Waals surface area contributed by atoms with Gasteiger partial charge < -0.3 is 19.9 Å². The Kier molecular flexibility index (Phi) is 7.02. The van der Waals surface area contributed by atoms with E-state index in [4.69, 9.17) is 4.74 Å². The fraction of sp³-hybridized carbons (Fsp3) is 0.407. The van der Waals surface area contributed by atoms with Gasteiger partial charge in [-0.15, -0.1) is 0 Å². The van der Waals surface area contributed by atoms with Crippen LogP contribution >= 0.6 is 0 Å². The van der Waals surface area contributed by atoms with Gasteiger partial charge in [-0.2, -0.15) is 0 Å². The minimum atomic E-state index is -0.329. The maximum atomic E-state index is 13.1. The highest BCUT2D eigenvalue weighted by Gasteiger charge is 2.45. The summed E-state index contributed by atoms with van der Waals surface area (Å²) in [6.45, 7) is 9.77. The van der Waals surface area contributed by atoms with E-state index in [9.17, 15) is 9.59 Å². The third-order valence-corrected chi connectivity index (χ3v) is 6.80. The molecule has 2 aliphatic rings. The molecule has 174 valence electrons. The number of anilines is 1. The van der Waals surface area contributed by atoms with Crippen LogP contribution in [-0.2, 0) is 4.74 Å². The standard InChI is InChI=1S/C27H33N3O3/c1-4-17-33-27(32)30-16-10-13-21-24(19-11-8-7-9-12-19)28-23-15-14-20(18-22(23)25(21)30)26(31)29(5-2)6-3/h4,7-9,11-12,14-15,18,21,24-25,28H,1,5-6,10,13,16-17H2,2-3H3/t21-,24?,25-/m0/s1. The van der Waals surface area contributed by atoms with Crippen molar-refractivity contribution in [1.82, 2.24) is 9.80 Å². The number of rotatable bonds is 6. The van der Waals surface area contributed by atoms with Crippen molar-refractivity contribution in [3.63, 3.8) is 0 Å². The number of hydrogen-bond donors (Lipinski definition) is 1. The summed E-state index contributed by atoms with van der Waals surface area (Å²) in [6.07, 6.45) is 3.15. The van der Waals surface area contributed by atoms with Gasteiger partial charge in [0, 0.05) is 36.8 Å². The Hall–Kier alpha value is -3.28. The molecule has 3 atom stereocenters. The minimum absolute atomic E-state index is 0.0149. The molecule has 33 heavy (non-hydrogen) atoms. The van der Waals surface area contributed by atoms with Gasteiger partial charge >= 0.3 is 6.09 Å². The van der Waals surface area contributed by atoms with E-state index in [1.165, 1.54) is 5.56 Å². The van der Waals surface area contributed by atoms with Gasteiger partial charge in [0.1, 0.15) is 6.61 Å². The fourth-order valence-electron chi connectivity index (χ4n) is 5.22. The Balaban J connectivity index is 1.78. The zero-order valence-electron chi connectivity index (χ0n) is 19.5. The minimum Gasteiger partial charge on any atom is -0.445 e. The molecular formula is C27H33N3O3. The topological polar surface area (TPSA) is 61.9 Å². The molecule has 0 radical (unpaired) electrons. The average molecular weight is 448 g/mol. The average Bonchev–Trinajstić information content (AvgIpc) is 2.87. The zero-order chi connectivity index (χ0) is 23.4. The Bertz CT molecular complexity index is 1000. The van der Waals surface area contributed by atoms with Crippen molar-refractivity contribution in [1.29, 1.82) is 0 Å². The van der Waals surface area contributed by atoms with E-state index >= 15 is 0 Å². The van der Waals surface area contributed by atoms with Crippen molar-refractivity contribution in [3.05, 3.63) is 77.9 Å². The van der Waals surface area contributed by atoms with Crippen LogP contribution in [0.4, 0.5) is 10.5 Å². The van der Waals surface area contributed by atoms with E-state index in [1.807, 2.05) is 60.0 Å². The first-order chi connectivity index (χ1) is 16.1. The molecule has 4 rings (SSSR count). The molecule has 6 nitrogen and oxygen atoms in total. The molecule has 0 bridgehead atoms. The highest BCUT2D eigenvalue weighted by atomic mass is 16.6. The number of nitrogens with one attached hydrogen (secondary N) is 1. The molecule has 2 aromatic carbocycles. The summed E-state index contributed by atoms with van der Waals surface area (Å²) in [4.78, 5) is 29.8. The number of hydrogen-bond acceptors (Lipinski definition) is 4. The van der Waals surface area contributed by atoms with Gasteiger partial charge in [0.05, 0.1) is 12.1 Å². The SMILES string of the molecule is C=CCOC(=O)N1CCC[C@H]2C(c3ccccc3)Nc3ccc(C(=O)N(CC)CC)cc3[C@H]21. The largest absolute Gasteiger partial charge is 0.445 e. The van der Waals surface area contributed by atoms with Crippen LogP contribution in [0.2, 0.25) is 0 Å². The van der Waals surface area contributed by atoms with E-state index in [0.717, 1.165) is 24.1 Å². The molecule has 0 saturated carbocycles. The predicted octanol–water partition coefficient (Wildman–Crippen LogP) is 5.41. The maximum absolute atomic E-state index is 13.1. The molecule has 2 aromatic rings. The lowest BCUT2D eigenvalue weighted by atomic mass is 9.74. The van der Waals surface area contributed by atoms with E-state index < -0.39 is 0 Å². The van der Waals surface area contributed by atoms with Gasteiger partial charge in [-0.05, 0) is 56.0 Å². The number of likely N-dealkylation sites (tertiary alicyclic amines) is 1. The number of fused-ring (bicyclic) bond motifs is 3. The quantitative estimate of drug-likeness (QED) is 0.602. The van der Waals surface area contributed by atoms with Gasteiger partial charge in [0.25, 0.3) is 5.91 Å². The van der Waals surface area contributed by atoms with Crippen LogP contribution in [-0.4, -0.2) is 48.0 Å². The molecule has 0 aromatic heterocycles. The van der Waals surface area contributed by atoms with Crippen LogP contribution in [0, 0.1) is 5.92 Å². The molecule has 1 unspecified atom stereocenters. The number of carbonyl (C=O) groups excluding carboxylic acids is 2. The van der Waals surface area contributed by atoms with Crippen LogP contribution in [0.1, 0.15) is 60.3 Å². The van der Waals surface area contributed by atoms with Gasteiger partial charge in [0.15, 0.2) is 0 Å². The first kappa shape index (κ1) is 22.9. The highest BCUT2D eigenvalue weighted by Crippen LogP contribution is 2.50. The Labute approximate surface area is 196 Å². The molecule has 2 amide bonds. The third-order valence-electron chi connectivity index (χ3n) is 6.80. The molecule has 2 heterocycles. The third kappa shape index (κ3) is 4.47. The van der Waals surface area contributed by atoms with Crippen LogP contribution in [0.25, 0.3) is 0 Å². The summed E-state index contributed by atoms with van der Waals surface area (Å²) in [6, 6.07) is 16.1. The lowest BCUT2D eigenvalue weighted by Gasteiger charge is -2.48. The van der Waals surface area contributed by atoms with Crippen molar-refractivity contribution in [2.24, 2.45) is 5.92 Å². The molecule has 0 spiro atoms. The normalized spacial score (nSPS) is 21.3. The van der Waals surface area contributed by atoms with E-state index in [0.29, 0.717) is 25.2 Å². The monoisotopic (exact) mass is 447 g/mol. The van der Waals surface area contributed by atoms with Crippen molar-refractivity contribution < 1.29 is 14.3 Å². The molecule has 2 aliphatic heterocycles. The van der Waals surface area contributed by atoms with Gasteiger partial charge in [-0.25, -0.2) is 4.79 Å². The van der Waals surface area contributed by atoms with Gasteiger partial charge in [-0.3, -0.25) is 4.79 Å². The fourth-order valence-corrected chi connectivity index (χ4v) is 5.22. The van der Waals surface area contributed by atoms with Crippen LogP contribution < -0.4 is 5.32 Å². The number of nitrogens with zero attached hydrogens (tertiary/aromatic N) is 2. The second kappa shape index (κ2) is 10.1. The maximum Gasteiger partial charge on any atom is 0.410 e. The lowest BCUT2D eigenvalue weighted by molar-refractivity contribution is 0.0505. The second-order valence-corrected chi connectivity index (χ2v) is 8.62. The number of piperidine rings is 1. The van der Waals surface area contributed by atoms with E-state index in [2.05, 4.69) is 24.0 Å². The van der Waals surface area contributed by atoms with Crippen molar-refractivity contribution in [3.8, 4) is 0 Å². The molecule has 1 N–H and O–H groups in total. The molecule has 1 fully saturated rings. The summed E-state index contributed by atoms with van der Waals surface area (Å²) in [5.41, 5.74) is 3.80. The smallest absolute Gasteiger partial charge is 0.410 e. The first-order valence-corrected chi connectivity index (χ1v) is 11.9. The summed E-state index contributed by atoms with van der Waals surface area (Å²) in [5, 5.41) is 3.72. The summed E-state index contributed by atoms with van der Waals surface area (Å²) >= 11 is 0. The van der Waals surface area contributed by atoms with Crippen molar-refractivity contribution >= 4 is 17.7 Å². The predicted molar refractivity (Wildman–Crippen MR) is 130 cm³/mol. The number of ether oxygens (including phenoxy) is 1. The van der Waals surface area contributed by atoms with Crippen LogP contribution in [0.5, 0.6) is 0 Å². The second-order valence-electron chi connectivity index (χ2n) is 8.62. The number of carbonyl (C=O) groups is 2. The van der Waals surface area contributed by atoms with Crippen molar-refractivity contribution in [2.75, 3.05) is 31.6 Å². The zero-order valence-corrected chi connectivity index (χ0v) is 19.5. The Morgan fingerprint density at radius 1 is 1.18 bits per heavy atom. The first-order valence-electron chi connectivity index (χ1n) is 11.9. The van der Waals surface area contributed by atoms with Gasteiger partial charge in [0.2, 0.25) is 0 Å². The van der Waals surface area contributed by atoms with Gasteiger partial charge in [-0.1, -0.05) is 43.0 Å². The summed E-state index contributed by atoms with van der Waals surface area (Å²) in [7, 11) is 0. The number of benzene rings is 2. The summed E-state index contributed by atoms with van der Waals surface area (Å²) < 4.78 is 5.46. The molecule has 0 aliphatic carbocycles.